The second kappa shape index (κ2) is 9.52. The molecule has 0 aliphatic carbocycles. The molecule has 1 unspecified atom stereocenters. The summed E-state index contributed by atoms with van der Waals surface area (Å²) in [5.41, 5.74) is 0.902. The van der Waals surface area contributed by atoms with Crippen molar-refractivity contribution in [2.45, 2.75) is 19.8 Å². The van der Waals surface area contributed by atoms with Gasteiger partial charge in [0.15, 0.2) is 5.96 Å². The van der Waals surface area contributed by atoms with Crippen molar-refractivity contribution in [3.63, 3.8) is 0 Å². The van der Waals surface area contributed by atoms with Crippen molar-refractivity contribution in [3.8, 4) is 0 Å². The normalized spacial score (nSPS) is 21.1. The number of amides is 1. The van der Waals surface area contributed by atoms with Gasteiger partial charge in [-0.3, -0.25) is 4.79 Å². The summed E-state index contributed by atoms with van der Waals surface area (Å²) in [4.78, 5) is 17.5. The average Bonchev–Trinajstić information content (AvgIpc) is 2.95. The number of ether oxygens (including phenoxy) is 1. The summed E-state index contributed by atoms with van der Waals surface area (Å²) in [6, 6.07) is 0. The molecule has 3 N–H and O–H groups in total. The zero-order valence-electron chi connectivity index (χ0n) is 14.5. The van der Waals surface area contributed by atoms with Gasteiger partial charge in [-0.15, -0.1) is 0 Å². The van der Waals surface area contributed by atoms with Crippen molar-refractivity contribution < 1.29 is 14.6 Å². The van der Waals surface area contributed by atoms with E-state index in [4.69, 9.17) is 4.74 Å². The van der Waals surface area contributed by atoms with Crippen LogP contribution in [0.4, 0.5) is 0 Å². The van der Waals surface area contributed by atoms with Gasteiger partial charge in [-0.05, 0) is 19.8 Å². The highest BCUT2D eigenvalue weighted by atomic mass is 16.5. The van der Waals surface area contributed by atoms with E-state index in [0.29, 0.717) is 38.7 Å². The van der Waals surface area contributed by atoms with Crippen LogP contribution < -0.4 is 10.6 Å². The van der Waals surface area contributed by atoms with Crippen LogP contribution in [0.15, 0.2) is 17.1 Å². The maximum absolute atomic E-state index is 11.7. The van der Waals surface area contributed by atoms with E-state index in [1.165, 1.54) is 4.90 Å². The molecule has 7 heteroatoms. The Morgan fingerprint density at radius 2 is 2.17 bits per heavy atom. The van der Waals surface area contributed by atoms with Crippen LogP contribution in [0.5, 0.6) is 0 Å². The molecule has 1 saturated heterocycles. The summed E-state index contributed by atoms with van der Waals surface area (Å²) in [5, 5.41) is 15.7. The SMILES string of the molecule is C=C(C)CNC(=NCC(=O)N(C)C)NCC1(CCO)CCOC1. The number of nitrogens with zero attached hydrogens (tertiary/aromatic N) is 2. The van der Waals surface area contributed by atoms with Gasteiger partial charge in [0.2, 0.25) is 5.91 Å². The fourth-order valence-electron chi connectivity index (χ4n) is 2.28. The van der Waals surface area contributed by atoms with Crippen molar-refractivity contribution in [1.29, 1.82) is 0 Å². The van der Waals surface area contributed by atoms with Crippen molar-refractivity contribution in [2.24, 2.45) is 10.4 Å². The van der Waals surface area contributed by atoms with E-state index in [2.05, 4.69) is 22.2 Å². The molecule has 23 heavy (non-hydrogen) atoms. The van der Waals surface area contributed by atoms with Crippen molar-refractivity contribution in [3.05, 3.63) is 12.2 Å². The van der Waals surface area contributed by atoms with E-state index in [-0.39, 0.29) is 24.5 Å². The van der Waals surface area contributed by atoms with Crippen LogP contribution in [0.2, 0.25) is 0 Å². The monoisotopic (exact) mass is 326 g/mol. The van der Waals surface area contributed by atoms with Crippen LogP contribution in [-0.4, -0.2) is 75.4 Å². The van der Waals surface area contributed by atoms with Crippen LogP contribution >= 0.6 is 0 Å². The summed E-state index contributed by atoms with van der Waals surface area (Å²) in [5.74, 6) is 0.517. The predicted octanol–water partition coefficient (Wildman–Crippen LogP) is -0.0250. The minimum absolute atomic E-state index is 0.0595. The fourth-order valence-corrected chi connectivity index (χ4v) is 2.28. The Bertz CT molecular complexity index is 429. The number of carbonyl (C=O) groups excluding carboxylic acids is 1. The van der Waals surface area contributed by atoms with Gasteiger partial charge in [0.25, 0.3) is 0 Å². The largest absolute Gasteiger partial charge is 0.396 e. The lowest BCUT2D eigenvalue weighted by atomic mass is 9.84. The van der Waals surface area contributed by atoms with Gasteiger partial charge in [0.1, 0.15) is 6.54 Å². The first kappa shape index (κ1) is 19.4. The molecule has 1 fully saturated rings. The summed E-state index contributed by atoms with van der Waals surface area (Å²) < 4.78 is 5.49. The second-order valence-corrected chi connectivity index (χ2v) is 6.39. The third-order valence-electron chi connectivity index (χ3n) is 3.89. The standard InChI is InChI=1S/C16H30N4O3/c1-13(2)9-17-15(18-10-14(22)20(3)4)19-11-16(5-7-21)6-8-23-12-16/h21H,1,5-12H2,2-4H3,(H2,17,18,19). The maximum atomic E-state index is 11.7. The van der Waals surface area contributed by atoms with Gasteiger partial charge in [-0.2, -0.15) is 0 Å². The first-order valence-corrected chi connectivity index (χ1v) is 7.94. The molecule has 1 aliphatic rings. The molecular weight excluding hydrogens is 296 g/mol. The number of guanidine groups is 1. The van der Waals surface area contributed by atoms with Crippen LogP contribution in [-0.2, 0) is 9.53 Å². The highest BCUT2D eigenvalue weighted by Crippen LogP contribution is 2.31. The molecule has 0 aromatic heterocycles. The molecule has 1 heterocycles. The summed E-state index contributed by atoms with van der Waals surface area (Å²) in [6.07, 6.45) is 1.59. The molecule has 1 atom stereocenters. The first-order chi connectivity index (χ1) is 10.9. The van der Waals surface area contributed by atoms with Gasteiger partial charge in [-0.1, -0.05) is 12.2 Å². The molecular formula is C16H30N4O3. The van der Waals surface area contributed by atoms with Crippen molar-refractivity contribution in [2.75, 3.05) is 53.6 Å². The van der Waals surface area contributed by atoms with Crippen LogP contribution in [0.3, 0.4) is 0 Å². The zero-order valence-corrected chi connectivity index (χ0v) is 14.5. The van der Waals surface area contributed by atoms with Gasteiger partial charge in [0, 0.05) is 45.8 Å². The molecule has 0 aromatic carbocycles. The minimum Gasteiger partial charge on any atom is -0.396 e. The predicted molar refractivity (Wildman–Crippen MR) is 91.4 cm³/mol. The second-order valence-electron chi connectivity index (χ2n) is 6.39. The van der Waals surface area contributed by atoms with Gasteiger partial charge in [0.05, 0.1) is 6.61 Å². The summed E-state index contributed by atoms with van der Waals surface area (Å²) in [6.45, 7) is 8.58. The van der Waals surface area contributed by atoms with Crippen LogP contribution in [0.1, 0.15) is 19.8 Å². The summed E-state index contributed by atoms with van der Waals surface area (Å²) >= 11 is 0. The van der Waals surface area contributed by atoms with Gasteiger partial charge < -0.3 is 25.4 Å². The minimum atomic E-state index is -0.0774. The maximum Gasteiger partial charge on any atom is 0.243 e. The average molecular weight is 326 g/mol. The van der Waals surface area contributed by atoms with E-state index in [0.717, 1.165) is 12.0 Å². The molecule has 0 spiro atoms. The number of hydrogen-bond acceptors (Lipinski definition) is 4. The molecule has 7 nitrogen and oxygen atoms in total. The van der Waals surface area contributed by atoms with E-state index < -0.39 is 0 Å². The molecule has 1 aliphatic heterocycles. The topological polar surface area (TPSA) is 86.2 Å². The zero-order chi connectivity index (χ0) is 17.3. The molecule has 1 amide bonds. The van der Waals surface area contributed by atoms with Gasteiger partial charge >= 0.3 is 0 Å². The quantitative estimate of drug-likeness (QED) is 0.331. The highest BCUT2D eigenvalue weighted by molar-refractivity contribution is 5.84. The number of hydrogen-bond donors (Lipinski definition) is 3. The number of aliphatic hydroxyl groups excluding tert-OH is 1. The number of carbonyl (C=O) groups is 1. The third kappa shape index (κ3) is 7.00. The lowest BCUT2D eigenvalue weighted by molar-refractivity contribution is -0.127. The molecule has 1 rings (SSSR count). The Balaban J connectivity index is 2.65. The van der Waals surface area contributed by atoms with Crippen molar-refractivity contribution in [1.82, 2.24) is 15.5 Å². The fraction of sp³-hybridized carbons (Fsp3) is 0.750. The number of likely N-dealkylation sites (N-methyl/N-ethyl adjacent to an activating group) is 1. The number of rotatable bonds is 8. The Morgan fingerprint density at radius 1 is 1.43 bits per heavy atom. The Kier molecular flexibility index (Phi) is 8.05. The van der Waals surface area contributed by atoms with E-state index in [1.54, 1.807) is 14.1 Å². The van der Waals surface area contributed by atoms with E-state index >= 15 is 0 Å². The molecule has 0 saturated carbocycles. The Morgan fingerprint density at radius 3 is 2.70 bits per heavy atom. The lowest BCUT2D eigenvalue weighted by Gasteiger charge is -2.28. The Labute approximate surface area is 138 Å². The van der Waals surface area contributed by atoms with Crippen LogP contribution in [0, 0.1) is 5.41 Å². The van der Waals surface area contributed by atoms with E-state index in [1.807, 2.05) is 6.92 Å². The Hall–Kier alpha value is -1.60. The van der Waals surface area contributed by atoms with Gasteiger partial charge in [-0.25, -0.2) is 4.99 Å². The van der Waals surface area contributed by atoms with Crippen LogP contribution in [0.25, 0.3) is 0 Å². The lowest BCUT2D eigenvalue weighted by Crippen LogP contribution is -2.45. The number of nitrogens with one attached hydrogen (secondary N) is 2. The first-order valence-electron chi connectivity index (χ1n) is 7.94. The molecule has 0 bridgehead atoms. The van der Waals surface area contributed by atoms with Crippen molar-refractivity contribution >= 4 is 11.9 Å². The molecule has 0 radical (unpaired) electrons. The molecule has 0 aromatic rings. The highest BCUT2D eigenvalue weighted by Gasteiger charge is 2.34. The third-order valence-corrected chi connectivity index (χ3v) is 3.89. The number of aliphatic hydroxyl groups is 1. The molecule has 132 valence electrons. The van der Waals surface area contributed by atoms with E-state index in [9.17, 15) is 9.90 Å². The smallest absolute Gasteiger partial charge is 0.243 e. The number of aliphatic imine (C=N–C) groups is 1. The summed E-state index contributed by atoms with van der Waals surface area (Å²) in [7, 11) is 3.41.